The van der Waals surface area contributed by atoms with Crippen LogP contribution in [0.5, 0.6) is 17.2 Å². The smallest absolute Gasteiger partial charge is 0.331 e. The van der Waals surface area contributed by atoms with E-state index in [2.05, 4.69) is 6.07 Å². The zero-order valence-corrected chi connectivity index (χ0v) is 18.2. The molecule has 31 heavy (non-hydrogen) atoms. The van der Waals surface area contributed by atoms with Gasteiger partial charge in [-0.2, -0.15) is 0 Å². The molecule has 0 N–H and O–H groups in total. The lowest BCUT2D eigenvalue weighted by Gasteiger charge is -2.30. The first-order chi connectivity index (χ1) is 15.0. The Hall–Kier alpha value is -3.48. The third-order valence-electron chi connectivity index (χ3n) is 5.18. The number of fused-ring (bicyclic) bond motifs is 1. The Morgan fingerprint density at radius 1 is 1.00 bits per heavy atom. The van der Waals surface area contributed by atoms with E-state index in [1.54, 1.807) is 30.0 Å². The van der Waals surface area contributed by atoms with Crippen LogP contribution in [0.2, 0.25) is 0 Å². The van der Waals surface area contributed by atoms with Gasteiger partial charge in [0.05, 0.1) is 21.3 Å². The summed E-state index contributed by atoms with van der Waals surface area (Å²) < 4.78 is 21.2. The van der Waals surface area contributed by atoms with Crippen molar-refractivity contribution in [3.05, 3.63) is 59.2 Å². The van der Waals surface area contributed by atoms with E-state index in [-0.39, 0.29) is 5.91 Å². The van der Waals surface area contributed by atoms with E-state index in [0.29, 0.717) is 35.9 Å². The fourth-order valence-electron chi connectivity index (χ4n) is 3.57. The topological polar surface area (TPSA) is 74.3 Å². The quantitative estimate of drug-likeness (QED) is 0.501. The Labute approximate surface area is 182 Å². The van der Waals surface area contributed by atoms with E-state index in [1.165, 1.54) is 33.0 Å². The normalized spacial score (nSPS) is 14.0. The van der Waals surface area contributed by atoms with Crippen LogP contribution in [0.1, 0.15) is 23.6 Å². The predicted octanol–water partition coefficient (Wildman–Crippen LogP) is 3.24. The van der Waals surface area contributed by atoms with Crippen molar-refractivity contribution in [2.24, 2.45) is 0 Å². The summed E-state index contributed by atoms with van der Waals surface area (Å²) in [6.45, 7) is 2.73. The van der Waals surface area contributed by atoms with Crippen LogP contribution < -0.4 is 14.2 Å². The van der Waals surface area contributed by atoms with Crippen LogP contribution in [0.25, 0.3) is 6.08 Å². The van der Waals surface area contributed by atoms with Gasteiger partial charge < -0.3 is 23.8 Å². The van der Waals surface area contributed by atoms with E-state index in [0.717, 1.165) is 12.0 Å². The maximum atomic E-state index is 12.7. The summed E-state index contributed by atoms with van der Waals surface area (Å²) in [7, 11) is 4.56. The van der Waals surface area contributed by atoms with Gasteiger partial charge in [0.2, 0.25) is 5.75 Å². The zero-order chi connectivity index (χ0) is 22.4. The molecule has 3 rings (SSSR count). The Morgan fingerprint density at radius 3 is 2.26 bits per heavy atom. The van der Waals surface area contributed by atoms with Crippen LogP contribution >= 0.6 is 0 Å². The fraction of sp³-hybridized carbons (Fsp3) is 0.333. The Bertz CT molecular complexity index is 959. The summed E-state index contributed by atoms with van der Waals surface area (Å²) in [5.74, 6) is 0.607. The highest BCUT2D eigenvalue weighted by atomic mass is 16.5. The highest BCUT2D eigenvalue weighted by molar-refractivity contribution is 5.90. The monoisotopic (exact) mass is 425 g/mol. The molecular weight excluding hydrogens is 398 g/mol. The molecule has 0 aromatic heterocycles. The van der Waals surface area contributed by atoms with Crippen LogP contribution in [0.15, 0.2) is 42.5 Å². The van der Waals surface area contributed by atoms with Crippen molar-refractivity contribution in [1.29, 1.82) is 0 Å². The molecule has 1 amide bonds. The molecule has 0 aliphatic carbocycles. The summed E-state index contributed by atoms with van der Waals surface area (Å²) in [5.41, 5.74) is 3.05. The second kappa shape index (κ2) is 10.0. The molecule has 2 aromatic carbocycles. The van der Waals surface area contributed by atoms with Gasteiger partial charge in [-0.3, -0.25) is 4.79 Å². The van der Waals surface area contributed by atoms with Gasteiger partial charge in [0.1, 0.15) is 0 Å². The van der Waals surface area contributed by atoms with Crippen LogP contribution in [0.3, 0.4) is 0 Å². The third-order valence-corrected chi connectivity index (χ3v) is 5.18. The van der Waals surface area contributed by atoms with Gasteiger partial charge in [-0.1, -0.05) is 24.3 Å². The van der Waals surface area contributed by atoms with Crippen LogP contribution in [-0.2, 0) is 27.3 Å². The summed E-state index contributed by atoms with van der Waals surface area (Å²) >= 11 is 0. The van der Waals surface area contributed by atoms with Crippen molar-refractivity contribution < 1.29 is 28.5 Å². The van der Waals surface area contributed by atoms with Crippen LogP contribution in [0.4, 0.5) is 0 Å². The fourth-order valence-corrected chi connectivity index (χ4v) is 3.57. The molecule has 0 radical (unpaired) electrons. The van der Waals surface area contributed by atoms with E-state index in [9.17, 15) is 9.59 Å². The van der Waals surface area contributed by atoms with Crippen molar-refractivity contribution in [3.63, 3.8) is 0 Å². The van der Waals surface area contributed by atoms with Gasteiger partial charge in [0.25, 0.3) is 5.91 Å². The SMILES string of the molecule is COc1cc(/C=C/C(=O)O[C@H](C)C(=O)N2CCc3ccccc3C2)cc(OC)c1OC. The second-order valence-corrected chi connectivity index (χ2v) is 7.15. The average molecular weight is 425 g/mol. The molecule has 0 unspecified atom stereocenters. The Balaban J connectivity index is 1.63. The first-order valence-corrected chi connectivity index (χ1v) is 10.0. The summed E-state index contributed by atoms with van der Waals surface area (Å²) in [4.78, 5) is 26.7. The molecule has 0 fully saturated rings. The lowest BCUT2D eigenvalue weighted by molar-refractivity contribution is -0.155. The minimum atomic E-state index is -0.873. The van der Waals surface area contributed by atoms with Crippen molar-refractivity contribution in [3.8, 4) is 17.2 Å². The molecule has 1 aliphatic heterocycles. The number of esters is 1. The zero-order valence-electron chi connectivity index (χ0n) is 18.2. The molecule has 164 valence electrons. The first-order valence-electron chi connectivity index (χ1n) is 10.0. The maximum absolute atomic E-state index is 12.7. The lowest BCUT2D eigenvalue weighted by atomic mass is 9.99. The van der Waals surface area contributed by atoms with Gasteiger partial charge in [0, 0.05) is 19.2 Å². The minimum absolute atomic E-state index is 0.205. The van der Waals surface area contributed by atoms with Crippen LogP contribution in [-0.4, -0.2) is 50.8 Å². The van der Waals surface area contributed by atoms with E-state index < -0.39 is 12.1 Å². The number of ether oxygens (including phenoxy) is 4. The van der Waals surface area contributed by atoms with Crippen molar-refractivity contribution in [2.75, 3.05) is 27.9 Å². The van der Waals surface area contributed by atoms with Gasteiger partial charge in [-0.05, 0) is 48.2 Å². The largest absolute Gasteiger partial charge is 0.493 e. The number of hydrogen-bond donors (Lipinski definition) is 0. The summed E-state index contributed by atoms with van der Waals surface area (Å²) in [5, 5.41) is 0. The Morgan fingerprint density at radius 2 is 1.65 bits per heavy atom. The molecule has 0 saturated carbocycles. The third kappa shape index (κ3) is 5.17. The van der Waals surface area contributed by atoms with Crippen molar-refractivity contribution in [2.45, 2.75) is 26.0 Å². The van der Waals surface area contributed by atoms with Gasteiger partial charge >= 0.3 is 5.97 Å². The molecule has 7 nitrogen and oxygen atoms in total. The van der Waals surface area contributed by atoms with E-state index in [1.807, 2.05) is 18.2 Å². The standard InChI is InChI=1S/C24H27NO6/c1-16(24(27)25-12-11-18-7-5-6-8-19(18)15-25)31-22(26)10-9-17-13-20(28-2)23(30-4)21(14-17)29-3/h5-10,13-14,16H,11-12,15H2,1-4H3/b10-9+/t16-/m1/s1. The number of carbonyl (C=O) groups is 2. The molecule has 2 aromatic rings. The van der Waals surface area contributed by atoms with Gasteiger partial charge in [-0.25, -0.2) is 4.79 Å². The molecule has 1 heterocycles. The first kappa shape index (κ1) is 22.2. The Kier molecular flexibility index (Phi) is 7.18. The van der Waals surface area contributed by atoms with Gasteiger partial charge in [-0.15, -0.1) is 0 Å². The molecule has 0 bridgehead atoms. The number of nitrogens with zero attached hydrogens (tertiary/aromatic N) is 1. The van der Waals surface area contributed by atoms with Crippen LogP contribution in [0, 0.1) is 0 Å². The lowest BCUT2D eigenvalue weighted by Crippen LogP contribution is -2.42. The van der Waals surface area contributed by atoms with Gasteiger partial charge in [0.15, 0.2) is 17.6 Å². The number of amides is 1. The molecular formula is C24H27NO6. The highest BCUT2D eigenvalue weighted by Gasteiger charge is 2.26. The van der Waals surface area contributed by atoms with E-state index >= 15 is 0 Å². The number of rotatable bonds is 7. The highest BCUT2D eigenvalue weighted by Crippen LogP contribution is 2.38. The van der Waals surface area contributed by atoms with E-state index in [4.69, 9.17) is 18.9 Å². The summed E-state index contributed by atoms with van der Waals surface area (Å²) in [6, 6.07) is 11.5. The average Bonchev–Trinajstić information content (AvgIpc) is 2.80. The molecule has 7 heteroatoms. The summed E-state index contributed by atoms with van der Waals surface area (Å²) in [6.07, 6.45) is 2.77. The molecule has 1 atom stereocenters. The molecule has 0 saturated heterocycles. The molecule has 1 aliphatic rings. The number of benzene rings is 2. The molecule has 0 spiro atoms. The predicted molar refractivity (Wildman–Crippen MR) is 116 cm³/mol. The second-order valence-electron chi connectivity index (χ2n) is 7.15. The number of methoxy groups -OCH3 is 3. The number of carbonyl (C=O) groups excluding carboxylic acids is 2. The number of hydrogen-bond acceptors (Lipinski definition) is 6. The van der Waals surface area contributed by atoms with Crippen molar-refractivity contribution in [1.82, 2.24) is 4.90 Å². The minimum Gasteiger partial charge on any atom is -0.493 e. The van der Waals surface area contributed by atoms with Crippen molar-refractivity contribution >= 4 is 18.0 Å². The maximum Gasteiger partial charge on any atom is 0.331 e.